The zero-order valence-electron chi connectivity index (χ0n) is 21.0. The summed E-state index contributed by atoms with van der Waals surface area (Å²) in [5.41, 5.74) is 0.579. The predicted molar refractivity (Wildman–Crippen MR) is 133 cm³/mol. The van der Waals surface area contributed by atoms with Crippen molar-refractivity contribution in [3.8, 4) is 5.75 Å². The van der Waals surface area contributed by atoms with E-state index < -0.39 is 54.3 Å². The van der Waals surface area contributed by atoms with Crippen molar-refractivity contribution in [3.05, 3.63) is 29.8 Å². The zero-order chi connectivity index (χ0) is 27.5. The van der Waals surface area contributed by atoms with Gasteiger partial charge in [-0.25, -0.2) is 4.79 Å². The van der Waals surface area contributed by atoms with Gasteiger partial charge in [0.25, 0.3) is 0 Å². The van der Waals surface area contributed by atoms with Crippen molar-refractivity contribution < 1.29 is 39.3 Å². The number of carbonyl (C=O) groups excluding carboxylic acids is 3. The lowest BCUT2D eigenvalue weighted by molar-refractivity contribution is -0.143. The van der Waals surface area contributed by atoms with Crippen LogP contribution < -0.4 is 21.3 Å². The molecule has 0 saturated carbocycles. The van der Waals surface area contributed by atoms with Crippen molar-refractivity contribution in [1.29, 1.82) is 0 Å². The smallest absolute Gasteiger partial charge is 0.326 e. The number of amides is 3. The van der Waals surface area contributed by atoms with E-state index in [-0.39, 0.29) is 30.4 Å². The molecule has 1 aromatic carbocycles. The summed E-state index contributed by atoms with van der Waals surface area (Å²) in [4.78, 5) is 61.5. The minimum atomic E-state index is -1.47. The Labute approximate surface area is 215 Å². The Morgan fingerprint density at radius 2 is 1.57 bits per heavy atom. The molecule has 12 heteroatoms. The summed E-state index contributed by atoms with van der Waals surface area (Å²) in [5.74, 6) is -4.28. The van der Waals surface area contributed by atoms with E-state index in [2.05, 4.69) is 21.3 Å². The van der Waals surface area contributed by atoms with E-state index in [1.54, 1.807) is 12.1 Å². The Morgan fingerprint density at radius 1 is 0.946 bits per heavy atom. The summed E-state index contributed by atoms with van der Waals surface area (Å²) in [6.07, 6.45) is 0.978. The van der Waals surface area contributed by atoms with Crippen LogP contribution in [-0.2, 0) is 30.4 Å². The standard InChI is InChI=1S/C25H36N4O8/c1-14(2)12-19(28-22(33)17-4-3-11-26-17)23(34)29-20(13-15-5-7-16(30)8-6-15)24(35)27-18(25(36)37)9-10-21(31)32/h5-8,14,17-20,26,30H,3-4,9-13H2,1-2H3,(H,27,35)(H,28,33)(H,29,34)(H,31,32)(H,36,37). The first-order valence-electron chi connectivity index (χ1n) is 12.3. The van der Waals surface area contributed by atoms with Crippen LogP contribution in [0.4, 0.5) is 0 Å². The number of benzene rings is 1. The average Bonchev–Trinajstić information content (AvgIpc) is 3.36. The van der Waals surface area contributed by atoms with Crippen LogP contribution in [0.5, 0.6) is 5.75 Å². The number of hydrogen-bond acceptors (Lipinski definition) is 7. The number of nitrogens with one attached hydrogen (secondary N) is 4. The molecule has 1 fully saturated rings. The molecule has 12 nitrogen and oxygen atoms in total. The maximum Gasteiger partial charge on any atom is 0.326 e. The fraction of sp³-hybridized carbons (Fsp3) is 0.560. The number of rotatable bonds is 14. The third kappa shape index (κ3) is 10.1. The number of hydrogen-bond donors (Lipinski definition) is 7. The van der Waals surface area contributed by atoms with Gasteiger partial charge >= 0.3 is 11.9 Å². The van der Waals surface area contributed by atoms with Gasteiger partial charge in [0.1, 0.15) is 23.9 Å². The predicted octanol–water partition coefficient (Wildman–Crippen LogP) is 0.137. The monoisotopic (exact) mass is 520 g/mol. The van der Waals surface area contributed by atoms with Crippen LogP contribution in [0.3, 0.4) is 0 Å². The van der Waals surface area contributed by atoms with Crippen molar-refractivity contribution in [3.63, 3.8) is 0 Å². The minimum Gasteiger partial charge on any atom is -0.508 e. The molecule has 1 aliphatic rings. The number of carboxylic acids is 2. The third-order valence-corrected chi connectivity index (χ3v) is 5.99. The SMILES string of the molecule is CC(C)CC(NC(=O)C1CCCN1)C(=O)NC(Cc1ccc(O)cc1)C(=O)NC(CCC(=O)O)C(=O)O. The number of phenolic OH excluding ortho intramolecular Hbond substituents is 1. The van der Waals surface area contributed by atoms with Gasteiger partial charge in [-0.1, -0.05) is 26.0 Å². The zero-order valence-corrected chi connectivity index (χ0v) is 21.0. The van der Waals surface area contributed by atoms with E-state index in [0.717, 1.165) is 6.42 Å². The largest absolute Gasteiger partial charge is 0.508 e. The Hall–Kier alpha value is -3.67. The molecule has 1 aromatic rings. The van der Waals surface area contributed by atoms with Gasteiger partial charge in [0.2, 0.25) is 17.7 Å². The van der Waals surface area contributed by atoms with Gasteiger partial charge in [0, 0.05) is 12.8 Å². The van der Waals surface area contributed by atoms with Crippen LogP contribution in [0.25, 0.3) is 0 Å². The van der Waals surface area contributed by atoms with Crippen molar-refractivity contribution in [2.24, 2.45) is 5.92 Å². The van der Waals surface area contributed by atoms with Gasteiger partial charge < -0.3 is 36.6 Å². The topological polar surface area (TPSA) is 194 Å². The minimum absolute atomic E-state index is 0.00799. The molecule has 4 unspecified atom stereocenters. The highest BCUT2D eigenvalue weighted by molar-refractivity contribution is 5.94. The molecular weight excluding hydrogens is 484 g/mol. The van der Waals surface area contributed by atoms with E-state index >= 15 is 0 Å². The van der Waals surface area contributed by atoms with Gasteiger partial charge in [-0.05, 0) is 55.8 Å². The van der Waals surface area contributed by atoms with E-state index in [1.165, 1.54) is 12.1 Å². The quantitative estimate of drug-likeness (QED) is 0.178. The summed E-state index contributed by atoms with van der Waals surface area (Å²) in [5, 5.41) is 38.7. The first-order valence-corrected chi connectivity index (χ1v) is 12.3. The van der Waals surface area contributed by atoms with Gasteiger partial charge in [-0.2, -0.15) is 0 Å². The van der Waals surface area contributed by atoms with Gasteiger partial charge in [-0.15, -0.1) is 0 Å². The Balaban J connectivity index is 2.21. The molecule has 0 bridgehead atoms. The van der Waals surface area contributed by atoms with E-state index in [4.69, 9.17) is 5.11 Å². The van der Waals surface area contributed by atoms with E-state index in [0.29, 0.717) is 24.9 Å². The van der Waals surface area contributed by atoms with Gasteiger partial charge in [0.15, 0.2) is 0 Å². The third-order valence-electron chi connectivity index (χ3n) is 5.99. The maximum atomic E-state index is 13.3. The number of aromatic hydroxyl groups is 1. The highest BCUT2D eigenvalue weighted by Gasteiger charge is 2.32. The molecule has 1 saturated heterocycles. The lowest BCUT2D eigenvalue weighted by Crippen LogP contribution is -2.57. The molecule has 204 valence electrons. The lowest BCUT2D eigenvalue weighted by atomic mass is 10.00. The van der Waals surface area contributed by atoms with Crippen molar-refractivity contribution in [2.75, 3.05) is 6.54 Å². The number of aliphatic carboxylic acids is 2. The summed E-state index contributed by atoms with van der Waals surface area (Å²) < 4.78 is 0. The lowest BCUT2D eigenvalue weighted by Gasteiger charge is -2.26. The molecule has 0 aromatic heterocycles. The molecule has 7 N–H and O–H groups in total. The average molecular weight is 521 g/mol. The Bertz CT molecular complexity index is 960. The van der Waals surface area contributed by atoms with E-state index in [1.807, 2.05) is 13.8 Å². The summed E-state index contributed by atoms with van der Waals surface area (Å²) in [6, 6.07) is 1.92. The number of carboxylic acid groups (broad SMARTS) is 2. The van der Waals surface area contributed by atoms with Crippen LogP contribution >= 0.6 is 0 Å². The number of phenols is 1. The molecule has 4 atom stereocenters. The molecule has 0 radical (unpaired) electrons. The molecule has 1 heterocycles. The fourth-order valence-electron chi connectivity index (χ4n) is 4.03. The van der Waals surface area contributed by atoms with Crippen molar-refractivity contribution >= 4 is 29.7 Å². The summed E-state index contributed by atoms with van der Waals surface area (Å²) >= 11 is 0. The molecule has 2 rings (SSSR count). The molecule has 1 aliphatic heterocycles. The highest BCUT2D eigenvalue weighted by atomic mass is 16.4. The first kappa shape index (κ1) is 29.6. The number of carbonyl (C=O) groups is 5. The fourth-order valence-corrected chi connectivity index (χ4v) is 4.03. The van der Waals surface area contributed by atoms with Crippen LogP contribution in [0.2, 0.25) is 0 Å². The molecule has 37 heavy (non-hydrogen) atoms. The normalized spacial score (nSPS) is 17.4. The van der Waals surface area contributed by atoms with Crippen LogP contribution in [-0.4, -0.2) is 75.7 Å². The van der Waals surface area contributed by atoms with Crippen molar-refractivity contribution in [2.45, 2.75) is 76.5 Å². The second kappa shape index (κ2) is 14.2. The summed E-state index contributed by atoms with van der Waals surface area (Å²) in [6.45, 7) is 4.49. The van der Waals surface area contributed by atoms with E-state index in [9.17, 15) is 34.2 Å². The second-order valence-electron chi connectivity index (χ2n) is 9.60. The van der Waals surface area contributed by atoms with Gasteiger partial charge in [0.05, 0.1) is 6.04 Å². The Morgan fingerprint density at radius 3 is 2.11 bits per heavy atom. The molecule has 0 aliphatic carbocycles. The van der Waals surface area contributed by atoms with Crippen molar-refractivity contribution in [1.82, 2.24) is 21.3 Å². The van der Waals surface area contributed by atoms with Crippen LogP contribution in [0.15, 0.2) is 24.3 Å². The second-order valence-corrected chi connectivity index (χ2v) is 9.60. The summed E-state index contributed by atoms with van der Waals surface area (Å²) in [7, 11) is 0. The van der Waals surface area contributed by atoms with Crippen LogP contribution in [0.1, 0.15) is 51.5 Å². The molecular formula is C25H36N4O8. The molecule has 0 spiro atoms. The van der Waals surface area contributed by atoms with Gasteiger partial charge in [-0.3, -0.25) is 19.2 Å². The first-order chi connectivity index (χ1) is 17.5. The van der Waals surface area contributed by atoms with Crippen LogP contribution in [0, 0.1) is 5.92 Å². The maximum absolute atomic E-state index is 13.3. The highest BCUT2D eigenvalue weighted by Crippen LogP contribution is 2.13. The molecule has 3 amide bonds. The Kier molecular flexibility index (Phi) is 11.3.